The summed E-state index contributed by atoms with van der Waals surface area (Å²) in [6.07, 6.45) is 5.23. The van der Waals surface area contributed by atoms with Crippen LogP contribution in [0.5, 0.6) is 0 Å². The van der Waals surface area contributed by atoms with Crippen molar-refractivity contribution in [3.05, 3.63) is 41.2 Å². The molecule has 8 nitrogen and oxygen atoms in total. The van der Waals surface area contributed by atoms with Crippen LogP contribution >= 0.6 is 23.4 Å². The maximum Gasteiger partial charge on any atom is 0.258 e. The van der Waals surface area contributed by atoms with Gasteiger partial charge in [0.25, 0.3) is 5.95 Å². The van der Waals surface area contributed by atoms with Gasteiger partial charge in [0.05, 0.1) is 0 Å². The zero-order valence-electron chi connectivity index (χ0n) is 16.5. The van der Waals surface area contributed by atoms with Crippen LogP contribution in [0, 0.1) is 0 Å². The summed E-state index contributed by atoms with van der Waals surface area (Å²) in [6, 6.07) is 7.79. The van der Waals surface area contributed by atoms with E-state index >= 15 is 0 Å². The maximum absolute atomic E-state index is 5.94. The number of hydrogen-bond acceptors (Lipinski definition) is 8. The number of aromatic nitrogens is 6. The predicted molar refractivity (Wildman–Crippen MR) is 116 cm³/mol. The molecular formula is C19H23ClN8S. The molecule has 0 radical (unpaired) electrons. The third-order valence-electron chi connectivity index (χ3n) is 4.60. The van der Waals surface area contributed by atoms with E-state index in [4.69, 9.17) is 11.6 Å². The first-order chi connectivity index (χ1) is 14.1. The second kappa shape index (κ2) is 8.96. The normalized spacial score (nSPS) is 14.2. The van der Waals surface area contributed by atoms with Crippen LogP contribution in [0.4, 0.5) is 11.9 Å². The second-order valence-electron chi connectivity index (χ2n) is 7.06. The molecule has 1 aromatic carbocycles. The number of benzene rings is 1. The van der Waals surface area contributed by atoms with Gasteiger partial charge < -0.3 is 9.80 Å². The van der Waals surface area contributed by atoms with Crippen molar-refractivity contribution in [3.63, 3.8) is 0 Å². The van der Waals surface area contributed by atoms with Gasteiger partial charge in [-0.2, -0.15) is 19.6 Å². The topological polar surface area (TPSA) is 75.9 Å². The summed E-state index contributed by atoms with van der Waals surface area (Å²) in [5, 5.41) is 5.96. The van der Waals surface area contributed by atoms with Crippen LogP contribution in [0.1, 0.15) is 24.8 Å². The molecule has 0 bridgehead atoms. The monoisotopic (exact) mass is 430 g/mol. The Morgan fingerprint density at radius 1 is 1.00 bits per heavy atom. The third-order valence-corrected chi connectivity index (χ3v) is 5.77. The summed E-state index contributed by atoms with van der Waals surface area (Å²) in [7, 11) is 3.85. The molecule has 1 saturated heterocycles. The van der Waals surface area contributed by atoms with Crippen LogP contribution in [0.15, 0.2) is 35.7 Å². The Bertz CT molecular complexity index is 953. The molecule has 0 saturated carbocycles. The van der Waals surface area contributed by atoms with Crippen molar-refractivity contribution in [1.29, 1.82) is 0 Å². The highest BCUT2D eigenvalue weighted by Gasteiger charge is 2.18. The Morgan fingerprint density at radius 2 is 1.72 bits per heavy atom. The van der Waals surface area contributed by atoms with Gasteiger partial charge >= 0.3 is 0 Å². The molecule has 0 aliphatic carbocycles. The molecule has 29 heavy (non-hydrogen) atoms. The average Bonchev–Trinajstić information content (AvgIpc) is 3.23. The van der Waals surface area contributed by atoms with Gasteiger partial charge in [-0.15, -0.1) is 5.10 Å². The van der Waals surface area contributed by atoms with Gasteiger partial charge in [0.15, 0.2) is 0 Å². The van der Waals surface area contributed by atoms with Crippen molar-refractivity contribution < 1.29 is 0 Å². The molecule has 3 heterocycles. The lowest BCUT2D eigenvalue weighted by Crippen LogP contribution is -2.32. The molecule has 0 amide bonds. The van der Waals surface area contributed by atoms with Crippen LogP contribution in [-0.2, 0) is 5.75 Å². The minimum absolute atomic E-state index is 0.482. The molecule has 152 valence electrons. The van der Waals surface area contributed by atoms with Gasteiger partial charge in [-0.05, 0) is 37.0 Å². The SMILES string of the molecule is CN(C)c1nc(N2CCCCC2)nc(-n2cnc(SCc3ccc(Cl)cc3)n2)n1. The van der Waals surface area contributed by atoms with Gasteiger partial charge in [-0.1, -0.05) is 35.5 Å². The van der Waals surface area contributed by atoms with E-state index in [9.17, 15) is 0 Å². The number of thioether (sulfide) groups is 1. The summed E-state index contributed by atoms with van der Waals surface area (Å²) in [6.45, 7) is 1.94. The summed E-state index contributed by atoms with van der Waals surface area (Å²) < 4.78 is 1.62. The molecule has 1 aliphatic rings. The van der Waals surface area contributed by atoms with Gasteiger partial charge in [0.1, 0.15) is 6.33 Å². The highest BCUT2D eigenvalue weighted by Crippen LogP contribution is 2.22. The number of nitrogens with zero attached hydrogens (tertiary/aromatic N) is 8. The van der Waals surface area contributed by atoms with Crippen molar-refractivity contribution in [2.24, 2.45) is 0 Å². The fraction of sp³-hybridized carbons (Fsp3) is 0.421. The van der Waals surface area contributed by atoms with E-state index in [1.165, 1.54) is 6.42 Å². The van der Waals surface area contributed by atoms with Gasteiger partial charge in [-0.3, -0.25) is 0 Å². The first-order valence-electron chi connectivity index (χ1n) is 9.56. The molecule has 3 aromatic rings. The molecule has 0 atom stereocenters. The average molecular weight is 431 g/mol. The Morgan fingerprint density at radius 3 is 2.45 bits per heavy atom. The van der Waals surface area contributed by atoms with Crippen LogP contribution in [0.3, 0.4) is 0 Å². The van der Waals surface area contributed by atoms with Crippen LogP contribution in [-0.4, -0.2) is 56.9 Å². The standard InChI is InChI=1S/C19H23ClN8S/c1-26(2)16-22-17(27-10-4-3-5-11-27)24-18(23-16)28-13-21-19(25-28)29-12-14-6-8-15(20)9-7-14/h6-9,13H,3-5,10-12H2,1-2H3. The van der Waals surface area contributed by atoms with Crippen LogP contribution in [0.2, 0.25) is 5.02 Å². The molecular weight excluding hydrogens is 408 g/mol. The molecule has 0 spiro atoms. The van der Waals surface area contributed by atoms with Crippen molar-refractivity contribution in [2.45, 2.75) is 30.2 Å². The predicted octanol–water partition coefficient (Wildman–Crippen LogP) is 3.45. The minimum atomic E-state index is 0.482. The Labute approximate surface area is 179 Å². The van der Waals surface area contributed by atoms with E-state index < -0.39 is 0 Å². The minimum Gasteiger partial charge on any atom is -0.347 e. The molecule has 10 heteroatoms. The first-order valence-corrected chi connectivity index (χ1v) is 10.9. The van der Waals surface area contributed by atoms with E-state index in [0.717, 1.165) is 42.3 Å². The molecule has 0 N–H and O–H groups in total. The summed E-state index contributed by atoms with van der Waals surface area (Å²) >= 11 is 7.50. The number of rotatable bonds is 6. The Kier molecular flexibility index (Phi) is 6.15. The van der Waals surface area contributed by atoms with E-state index in [-0.39, 0.29) is 0 Å². The molecule has 4 rings (SSSR count). The highest BCUT2D eigenvalue weighted by molar-refractivity contribution is 7.98. The van der Waals surface area contributed by atoms with E-state index in [1.807, 2.05) is 43.3 Å². The lowest BCUT2D eigenvalue weighted by atomic mass is 10.1. The van der Waals surface area contributed by atoms with Crippen LogP contribution < -0.4 is 9.80 Å². The fourth-order valence-electron chi connectivity index (χ4n) is 3.02. The Hall–Kier alpha value is -2.39. The largest absolute Gasteiger partial charge is 0.347 e. The number of anilines is 2. The maximum atomic E-state index is 5.94. The quantitative estimate of drug-likeness (QED) is 0.550. The molecule has 1 fully saturated rings. The number of halogens is 1. The second-order valence-corrected chi connectivity index (χ2v) is 8.44. The van der Waals surface area contributed by atoms with E-state index in [1.54, 1.807) is 22.8 Å². The van der Waals surface area contributed by atoms with E-state index in [2.05, 4.69) is 29.9 Å². The summed E-state index contributed by atoms with van der Waals surface area (Å²) in [5.41, 5.74) is 1.16. The summed E-state index contributed by atoms with van der Waals surface area (Å²) in [5.74, 6) is 2.56. The highest BCUT2D eigenvalue weighted by atomic mass is 35.5. The molecule has 1 aliphatic heterocycles. The van der Waals surface area contributed by atoms with Crippen molar-refractivity contribution >= 4 is 35.3 Å². The third kappa shape index (κ3) is 4.97. The van der Waals surface area contributed by atoms with E-state index in [0.29, 0.717) is 23.0 Å². The fourth-order valence-corrected chi connectivity index (χ4v) is 3.90. The number of piperidine rings is 1. The first kappa shape index (κ1) is 19.9. The Balaban J connectivity index is 1.54. The lowest BCUT2D eigenvalue weighted by molar-refractivity contribution is 0.565. The van der Waals surface area contributed by atoms with Crippen molar-refractivity contribution in [3.8, 4) is 5.95 Å². The van der Waals surface area contributed by atoms with Crippen LogP contribution in [0.25, 0.3) is 5.95 Å². The smallest absolute Gasteiger partial charge is 0.258 e. The van der Waals surface area contributed by atoms with Gasteiger partial charge in [-0.25, -0.2) is 4.98 Å². The molecule has 0 unspecified atom stereocenters. The van der Waals surface area contributed by atoms with Crippen molar-refractivity contribution in [2.75, 3.05) is 37.0 Å². The zero-order valence-corrected chi connectivity index (χ0v) is 18.1. The zero-order chi connectivity index (χ0) is 20.2. The summed E-state index contributed by atoms with van der Waals surface area (Å²) in [4.78, 5) is 22.3. The lowest BCUT2D eigenvalue weighted by Gasteiger charge is -2.27. The number of hydrogen-bond donors (Lipinski definition) is 0. The molecule has 2 aromatic heterocycles. The van der Waals surface area contributed by atoms with Crippen molar-refractivity contribution in [1.82, 2.24) is 29.7 Å². The van der Waals surface area contributed by atoms with Gasteiger partial charge in [0.2, 0.25) is 17.1 Å². The van der Waals surface area contributed by atoms with Gasteiger partial charge in [0, 0.05) is 38.0 Å².